The maximum absolute atomic E-state index is 7.47. The maximum atomic E-state index is 7.47. The second-order valence-electron chi connectivity index (χ2n) is 6.11. The Balaban J connectivity index is 2.14. The van der Waals surface area contributed by atoms with Gasteiger partial charge in [-0.15, -0.1) is 0 Å². The van der Waals surface area contributed by atoms with Crippen molar-refractivity contribution in [2.24, 2.45) is 17.1 Å². The van der Waals surface area contributed by atoms with E-state index in [0.717, 1.165) is 24.5 Å². The first-order valence-electron chi connectivity index (χ1n) is 6.43. The van der Waals surface area contributed by atoms with Crippen molar-refractivity contribution in [1.29, 1.82) is 5.41 Å². The molecule has 1 aliphatic heterocycles. The fourth-order valence-electron chi connectivity index (χ4n) is 2.43. The van der Waals surface area contributed by atoms with Crippen LogP contribution in [-0.4, -0.2) is 23.9 Å². The Morgan fingerprint density at radius 3 is 2.78 bits per heavy atom. The molecule has 2 rings (SSSR count). The minimum absolute atomic E-state index is 0.102. The highest BCUT2D eigenvalue weighted by Gasteiger charge is 2.32. The van der Waals surface area contributed by atoms with Crippen LogP contribution in [0.1, 0.15) is 32.8 Å². The number of nitrogen functional groups attached to an aromatic ring is 1. The van der Waals surface area contributed by atoms with Gasteiger partial charge in [-0.2, -0.15) is 0 Å². The van der Waals surface area contributed by atoms with Gasteiger partial charge < -0.3 is 10.6 Å². The average Bonchev–Trinajstić information content (AvgIpc) is 2.78. The van der Waals surface area contributed by atoms with Crippen molar-refractivity contribution in [3.8, 4) is 0 Å². The van der Waals surface area contributed by atoms with Gasteiger partial charge in [-0.05, 0) is 29.9 Å². The maximum Gasteiger partial charge on any atom is 0.129 e. The number of nitrogens with zero attached hydrogens (tertiary/aromatic N) is 2. The first kappa shape index (κ1) is 12.9. The summed E-state index contributed by atoms with van der Waals surface area (Å²) in [5.41, 5.74) is 6.60. The third kappa shape index (κ3) is 2.63. The molecule has 1 aliphatic rings. The molecule has 1 aromatic rings. The molecule has 98 valence electrons. The molecule has 0 amide bonds. The van der Waals surface area contributed by atoms with Crippen LogP contribution in [0.15, 0.2) is 18.3 Å². The van der Waals surface area contributed by atoms with Crippen LogP contribution in [0, 0.1) is 16.7 Å². The van der Waals surface area contributed by atoms with Gasteiger partial charge in [-0.25, -0.2) is 4.98 Å². The van der Waals surface area contributed by atoms with Gasteiger partial charge in [-0.3, -0.25) is 5.41 Å². The predicted molar refractivity (Wildman–Crippen MR) is 75.0 cm³/mol. The molecule has 3 N–H and O–H groups in total. The van der Waals surface area contributed by atoms with E-state index in [1.54, 1.807) is 12.3 Å². The second kappa shape index (κ2) is 4.59. The van der Waals surface area contributed by atoms with Crippen molar-refractivity contribution < 1.29 is 0 Å². The summed E-state index contributed by atoms with van der Waals surface area (Å²) in [6.45, 7) is 8.95. The number of anilines is 1. The highest BCUT2D eigenvalue weighted by atomic mass is 15.2. The van der Waals surface area contributed by atoms with Crippen LogP contribution in [0.2, 0.25) is 0 Å². The Morgan fingerprint density at radius 1 is 1.50 bits per heavy atom. The fraction of sp³-hybridized carbons (Fsp3) is 0.571. The van der Waals surface area contributed by atoms with Crippen LogP contribution in [0.5, 0.6) is 0 Å². The first-order valence-corrected chi connectivity index (χ1v) is 6.43. The normalized spacial score (nSPS) is 20.2. The third-order valence-electron chi connectivity index (χ3n) is 3.79. The van der Waals surface area contributed by atoms with E-state index in [0.29, 0.717) is 11.3 Å². The summed E-state index contributed by atoms with van der Waals surface area (Å²) in [5, 5.41) is 7.47. The van der Waals surface area contributed by atoms with E-state index in [2.05, 4.69) is 30.7 Å². The summed E-state index contributed by atoms with van der Waals surface area (Å²) >= 11 is 0. The zero-order chi connectivity index (χ0) is 13.3. The molecule has 4 nitrogen and oxygen atoms in total. The van der Waals surface area contributed by atoms with Gasteiger partial charge in [0.1, 0.15) is 11.7 Å². The summed E-state index contributed by atoms with van der Waals surface area (Å²) in [6.07, 6.45) is 2.94. The zero-order valence-corrected chi connectivity index (χ0v) is 11.4. The number of rotatable bonds is 2. The third-order valence-corrected chi connectivity index (χ3v) is 3.79. The lowest BCUT2D eigenvalue weighted by atomic mass is 9.80. The lowest BCUT2D eigenvalue weighted by molar-refractivity contribution is 0.263. The van der Waals surface area contributed by atoms with Crippen molar-refractivity contribution in [2.75, 3.05) is 18.0 Å². The molecule has 0 radical (unpaired) electrons. The highest BCUT2D eigenvalue weighted by molar-refractivity contribution is 5.95. The molecular formula is C14H22N4. The molecule has 1 atom stereocenters. The molecule has 0 aromatic carbocycles. The minimum Gasteiger partial charge on any atom is -0.384 e. The van der Waals surface area contributed by atoms with Crippen molar-refractivity contribution in [1.82, 2.24) is 4.98 Å². The number of pyridine rings is 1. The Labute approximate surface area is 109 Å². The molecule has 0 saturated carbocycles. The van der Waals surface area contributed by atoms with E-state index in [9.17, 15) is 0 Å². The van der Waals surface area contributed by atoms with Gasteiger partial charge in [-0.1, -0.05) is 20.8 Å². The van der Waals surface area contributed by atoms with E-state index in [1.165, 1.54) is 6.42 Å². The predicted octanol–water partition coefficient (Wildman–Crippen LogP) is 2.24. The monoisotopic (exact) mass is 246 g/mol. The molecule has 0 aliphatic carbocycles. The fourth-order valence-corrected chi connectivity index (χ4v) is 2.43. The average molecular weight is 246 g/mol. The van der Waals surface area contributed by atoms with Crippen LogP contribution >= 0.6 is 0 Å². The Morgan fingerprint density at radius 2 is 2.22 bits per heavy atom. The number of nitrogens with one attached hydrogen (secondary N) is 1. The van der Waals surface area contributed by atoms with Gasteiger partial charge in [0.05, 0.1) is 0 Å². The smallest absolute Gasteiger partial charge is 0.129 e. The number of nitrogens with two attached hydrogens (primary N) is 1. The van der Waals surface area contributed by atoms with E-state index in [4.69, 9.17) is 11.1 Å². The molecule has 1 saturated heterocycles. The highest BCUT2D eigenvalue weighted by Crippen LogP contribution is 2.35. The Hall–Kier alpha value is -1.58. The molecule has 0 spiro atoms. The van der Waals surface area contributed by atoms with Crippen LogP contribution < -0.4 is 10.6 Å². The number of hydrogen-bond acceptors (Lipinski definition) is 3. The van der Waals surface area contributed by atoms with Crippen molar-refractivity contribution >= 4 is 11.7 Å². The first-order chi connectivity index (χ1) is 8.38. The largest absolute Gasteiger partial charge is 0.384 e. The minimum atomic E-state index is 0.102. The lowest BCUT2D eigenvalue weighted by Gasteiger charge is -2.27. The summed E-state index contributed by atoms with van der Waals surface area (Å²) in [4.78, 5) is 6.69. The number of amidine groups is 1. The SMILES string of the molecule is CC(C)(C)C1CCN(c2cc(C(=N)N)ccn2)C1. The Bertz CT molecular complexity index is 447. The molecule has 2 heterocycles. The van der Waals surface area contributed by atoms with Crippen molar-refractivity contribution in [3.63, 3.8) is 0 Å². The molecule has 1 fully saturated rings. The van der Waals surface area contributed by atoms with Gasteiger partial charge in [0.25, 0.3) is 0 Å². The van der Waals surface area contributed by atoms with Gasteiger partial charge in [0.2, 0.25) is 0 Å². The molecule has 18 heavy (non-hydrogen) atoms. The number of hydrogen-bond donors (Lipinski definition) is 2. The number of aromatic nitrogens is 1. The summed E-state index contributed by atoms with van der Waals surface area (Å²) in [6, 6.07) is 3.69. The molecule has 0 bridgehead atoms. The van der Waals surface area contributed by atoms with Crippen LogP contribution in [0.4, 0.5) is 5.82 Å². The van der Waals surface area contributed by atoms with Gasteiger partial charge in [0, 0.05) is 24.8 Å². The van der Waals surface area contributed by atoms with Crippen LogP contribution in [-0.2, 0) is 0 Å². The van der Waals surface area contributed by atoms with Crippen LogP contribution in [0.25, 0.3) is 0 Å². The van der Waals surface area contributed by atoms with Crippen LogP contribution in [0.3, 0.4) is 0 Å². The van der Waals surface area contributed by atoms with Crippen molar-refractivity contribution in [3.05, 3.63) is 23.9 Å². The summed E-state index contributed by atoms with van der Waals surface area (Å²) < 4.78 is 0. The quantitative estimate of drug-likeness (QED) is 0.621. The Kier molecular flexibility index (Phi) is 3.28. The van der Waals surface area contributed by atoms with E-state index in [-0.39, 0.29) is 5.84 Å². The molecule has 1 aromatic heterocycles. The standard InChI is InChI=1S/C14H22N4/c1-14(2,3)11-5-7-18(9-11)12-8-10(13(15)16)4-6-17-12/h4,6,8,11H,5,7,9H2,1-3H3,(H3,15,16). The van der Waals surface area contributed by atoms with Crippen molar-refractivity contribution in [2.45, 2.75) is 27.2 Å². The van der Waals surface area contributed by atoms with E-state index in [1.807, 2.05) is 6.07 Å². The summed E-state index contributed by atoms with van der Waals surface area (Å²) in [7, 11) is 0. The lowest BCUT2D eigenvalue weighted by Crippen LogP contribution is -2.26. The summed E-state index contributed by atoms with van der Waals surface area (Å²) in [5.74, 6) is 1.74. The van der Waals surface area contributed by atoms with E-state index < -0.39 is 0 Å². The second-order valence-corrected chi connectivity index (χ2v) is 6.11. The van der Waals surface area contributed by atoms with E-state index >= 15 is 0 Å². The molecule has 1 unspecified atom stereocenters. The molecule has 4 heteroatoms. The van der Waals surface area contributed by atoms with Gasteiger partial charge >= 0.3 is 0 Å². The van der Waals surface area contributed by atoms with Gasteiger partial charge in [0.15, 0.2) is 0 Å². The molecular weight excluding hydrogens is 224 g/mol. The topological polar surface area (TPSA) is 66.0 Å². The zero-order valence-electron chi connectivity index (χ0n) is 11.4.